The summed E-state index contributed by atoms with van der Waals surface area (Å²) in [6.07, 6.45) is 4.08. The summed E-state index contributed by atoms with van der Waals surface area (Å²) >= 11 is 3.47. The summed E-state index contributed by atoms with van der Waals surface area (Å²) in [5.74, 6) is -1.64. The van der Waals surface area contributed by atoms with E-state index in [0.717, 1.165) is 61.6 Å². The van der Waals surface area contributed by atoms with Crippen molar-refractivity contribution < 1.29 is 8.78 Å². The molecule has 0 amide bonds. The monoisotopic (exact) mass is 614 g/mol. The molecule has 2 aromatic heterocycles. The minimum atomic E-state index is -0.824. The second-order valence-corrected chi connectivity index (χ2v) is 11.5. The van der Waals surface area contributed by atoms with E-state index in [9.17, 15) is 8.78 Å². The van der Waals surface area contributed by atoms with Crippen LogP contribution in [0.1, 0.15) is 33.4 Å². The van der Waals surface area contributed by atoms with Crippen LogP contribution < -0.4 is 11.5 Å². The molecule has 0 unspecified atom stereocenters. The predicted octanol–water partition coefficient (Wildman–Crippen LogP) is 8.82. The van der Waals surface area contributed by atoms with Crippen LogP contribution in [0.5, 0.6) is 0 Å². The van der Waals surface area contributed by atoms with Crippen molar-refractivity contribution in [2.45, 2.75) is 40.8 Å². The van der Waals surface area contributed by atoms with Crippen LogP contribution in [-0.4, -0.2) is 9.13 Å². The maximum absolute atomic E-state index is 13.3. The molecule has 0 saturated heterocycles. The van der Waals surface area contributed by atoms with E-state index in [1.54, 1.807) is 6.07 Å². The largest absolute Gasteiger partial charge is 0.398 e. The maximum atomic E-state index is 13.3. The van der Waals surface area contributed by atoms with Gasteiger partial charge in [-0.25, -0.2) is 8.78 Å². The molecule has 0 aliphatic carbocycles. The average Bonchev–Trinajstić information content (AvgIpc) is 3.53. The van der Waals surface area contributed by atoms with Gasteiger partial charge in [-0.3, -0.25) is 0 Å². The third-order valence-corrected chi connectivity index (χ3v) is 8.32. The van der Waals surface area contributed by atoms with Crippen molar-refractivity contribution in [3.8, 4) is 0 Å². The minimum Gasteiger partial charge on any atom is -0.398 e. The van der Waals surface area contributed by atoms with E-state index >= 15 is 0 Å². The lowest BCUT2D eigenvalue weighted by molar-refractivity contribution is 0.506. The zero-order chi connectivity index (χ0) is 29.4. The third-order valence-electron chi connectivity index (χ3n) is 7.79. The van der Waals surface area contributed by atoms with Gasteiger partial charge in [-0.05, 0) is 110 Å². The first-order chi connectivity index (χ1) is 19.5. The van der Waals surface area contributed by atoms with Gasteiger partial charge in [0.2, 0.25) is 0 Å². The number of nitrogen functional groups attached to an aromatic ring is 2. The van der Waals surface area contributed by atoms with Crippen LogP contribution in [0.4, 0.5) is 20.2 Å². The van der Waals surface area contributed by atoms with E-state index in [0.29, 0.717) is 6.54 Å². The Morgan fingerprint density at radius 1 is 0.610 bits per heavy atom. The van der Waals surface area contributed by atoms with Gasteiger partial charge >= 0.3 is 0 Å². The van der Waals surface area contributed by atoms with Gasteiger partial charge < -0.3 is 20.6 Å². The fourth-order valence-corrected chi connectivity index (χ4v) is 5.53. The number of nitrogens with two attached hydrogens (primary N) is 2. The Morgan fingerprint density at radius 3 is 1.56 bits per heavy atom. The topological polar surface area (TPSA) is 61.9 Å². The summed E-state index contributed by atoms with van der Waals surface area (Å²) < 4.78 is 31.7. The first-order valence-electron chi connectivity index (χ1n) is 13.4. The van der Waals surface area contributed by atoms with Gasteiger partial charge in [0.1, 0.15) is 0 Å². The molecular weight excluding hydrogens is 582 g/mol. The van der Waals surface area contributed by atoms with Crippen molar-refractivity contribution in [1.82, 2.24) is 9.13 Å². The van der Waals surface area contributed by atoms with E-state index < -0.39 is 11.6 Å². The van der Waals surface area contributed by atoms with Crippen molar-refractivity contribution >= 4 is 49.1 Å². The van der Waals surface area contributed by atoms with Gasteiger partial charge in [0.25, 0.3) is 0 Å². The SMILES string of the molecule is Cc1cc2c(ccn2Cc2ccc(Br)cc2)c(C)c1N.Cc1cc2c(ccn2Cc2ccc(F)c(F)c2)c(C)c1N. The number of fused-ring (bicyclic) bond motifs is 2. The molecule has 41 heavy (non-hydrogen) atoms. The first-order valence-corrected chi connectivity index (χ1v) is 14.2. The molecule has 6 rings (SSSR count). The first kappa shape index (κ1) is 28.4. The molecule has 0 bridgehead atoms. The van der Waals surface area contributed by atoms with Crippen molar-refractivity contribution in [1.29, 1.82) is 0 Å². The number of aromatic nitrogens is 2. The molecule has 0 saturated carbocycles. The Balaban J connectivity index is 0.000000165. The Bertz CT molecular complexity index is 1880. The number of hydrogen-bond acceptors (Lipinski definition) is 2. The number of rotatable bonds is 4. The smallest absolute Gasteiger partial charge is 0.159 e. The molecule has 210 valence electrons. The normalized spacial score (nSPS) is 11.2. The molecule has 0 fully saturated rings. The van der Waals surface area contributed by atoms with Gasteiger partial charge in [0, 0.05) is 63.1 Å². The minimum absolute atomic E-state index is 0.490. The third kappa shape index (κ3) is 5.72. The van der Waals surface area contributed by atoms with Crippen molar-refractivity contribution in [2.24, 2.45) is 0 Å². The maximum Gasteiger partial charge on any atom is 0.159 e. The van der Waals surface area contributed by atoms with E-state index in [1.165, 1.54) is 28.1 Å². The van der Waals surface area contributed by atoms with E-state index in [2.05, 4.69) is 76.9 Å². The highest BCUT2D eigenvalue weighted by atomic mass is 79.9. The molecule has 4 nitrogen and oxygen atoms in total. The number of halogens is 3. The van der Waals surface area contributed by atoms with Crippen LogP contribution in [0, 0.1) is 39.3 Å². The molecule has 0 radical (unpaired) electrons. The van der Waals surface area contributed by atoms with Crippen molar-refractivity contribution in [2.75, 3.05) is 11.5 Å². The standard InChI is InChI=1S/C17H17BrN2.C17H16F2N2/c1-11-9-16-15(12(2)17(11)19)7-8-20(16)10-13-3-5-14(18)6-4-13;1-10-7-16-13(11(2)17(10)20)5-6-21(16)9-12-3-4-14(18)15(19)8-12/h3-9H,10,19H2,1-2H3;3-8H,9,20H2,1-2H3. The lowest BCUT2D eigenvalue weighted by Gasteiger charge is -2.10. The van der Waals surface area contributed by atoms with E-state index in [-0.39, 0.29) is 0 Å². The highest BCUT2D eigenvalue weighted by Gasteiger charge is 2.11. The number of anilines is 2. The van der Waals surface area contributed by atoms with Crippen molar-refractivity contribution in [3.05, 3.63) is 129 Å². The van der Waals surface area contributed by atoms with Gasteiger partial charge in [-0.2, -0.15) is 0 Å². The highest BCUT2D eigenvalue weighted by Crippen LogP contribution is 2.30. The predicted molar refractivity (Wildman–Crippen MR) is 170 cm³/mol. The zero-order valence-corrected chi connectivity index (χ0v) is 25.2. The van der Waals surface area contributed by atoms with E-state index in [1.807, 2.05) is 36.7 Å². The highest BCUT2D eigenvalue weighted by molar-refractivity contribution is 9.10. The number of nitrogens with zero attached hydrogens (tertiary/aromatic N) is 2. The number of hydrogen-bond donors (Lipinski definition) is 2. The number of aryl methyl sites for hydroxylation is 4. The summed E-state index contributed by atoms with van der Waals surface area (Å²) in [4.78, 5) is 0. The zero-order valence-electron chi connectivity index (χ0n) is 23.6. The molecule has 4 aromatic carbocycles. The number of benzene rings is 4. The molecule has 2 heterocycles. The van der Waals surface area contributed by atoms with Crippen LogP contribution >= 0.6 is 15.9 Å². The summed E-state index contributed by atoms with van der Waals surface area (Å²) in [7, 11) is 0. The Kier molecular flexibility index (Phi) is 7.91. The van der Waals surface area contributed by atoms with Gasteiger partial charge in [-0.1, -0.05) is 34.1 Å². The van der Waals surface area contributed by atoms with Crippen molar-refractivity contribution in [3.63, 3.8) is 0 Å². The van der Waals surface area contributed by atoms with Gasteiger partial charge in [-0.15, -0.1) is 0 Å². The van der Waals surface area contributed by atoms with Gasteiger partial charge in [0.05, 0.1) is 0 Å². The van der Waals surface area contributed by atoms with Gasteiger partial charge in [0.15, 0.2) is 11.6 Å². The molecule has 0 aliphatic heterocycles. The quantitative estimate of drug-likeness (QED) is 0.195. The fourth-order valence-electron chi connectivity index (χ4n) is 5.27. The molecular formula is C34H33BrF2N4. The molecule has 0 atom stereocenters. The van der Waals surface area contributed by atoms with E-state index in [4.69, 9.17) is 11.5 Å². The summed E-state index contributed by atoms with van der Waals surface area (Å²) in [6, 6.07) is 20.8. The summed E-state index contributed by atoms with van der Waals surface area (Å²) in [6.45, 7) is 9.49. The fraction of sp³-hybridized carbons (Fsp3) is 0.176. The Hall–Kier alpha value is -4.10. The average molecular weight is 616 g/mol. The molecule has 6 aromatic rings. The molecule has 7 heteroatoms. The Labute approximate surface area is 247 Å². The molecule has 0 spiro atoms. The van der Waals surface area contributed by atoms with Crippen LogP contribution in [0.25, 0.3) is 21.8 Å². The van der Waals surface area contributed by atoms with Crippen LogP contribution in [0.3, 0.4) is 0 Å². The summed E-state index contributed by atoms with van der Waals surface area (Å²) in [5, 5.41) is 2.32. The lowest BCUT2D eigenvalue weighted by Crippen LogP contribution is -2.01. The Morgan fingerprint density at radius 2 is 1.07 bits per heavy atom. The second-order valence-electron chi connectivity index (χ2n) is 10.6. The van der Waals surface area contributed by atoms with Crippen LogP contribution in [0.2, 0.25) is 0 Å². The lowest BCUT2D eigenvalue weighted by atomic mass is 10.1. The van der Waals surface area contributed by atoms with Crippen LogP contribution in [0.15, 0.2) is 83.6 Å². The second kappa shape index (κ2) is 11.4. The molecule has 0 aliphatic rings. The molecule has 4 N–H and O–H groups in total. The summed E-state index contributed by atoms with van der Waals surface area (Å²) in [5.41, 5.74) is 22.6. The van der Waals surface area contributed by atoms with Crippen LogP contribution in [-0.2, 0) is 13.1 Å².